The molecule has 0 saturated carbocycles. The molecule has 1 aromatic rings. The van der Waals surface area contributed by atoms with Gasteiger partial charge in [-0.2, -0.15) is 0 Å². The summed E-state index contributed by atoms with van der Waals surface area (Å²) in [7, 11) is 0. The largest absolute Gasteiger partial charge is 0.398 e. The molecule has 0 spiro atoms. The van der Waals surface area contributed by atoms with Crippen molar-refractivity contribution < 1.29 is 0 Å². The van der Waals surface area contributed by atoms with Crippen LogP contribution in [0.5, 0.6) is 0 Å². The lowest BCUT2D eigenvalue weighted by atomic mass is 9.94. The van der Waals surface area contributed by atoms with Gasteiger partial charge in [-0.15, -0.1) is 0 Å². The summed E-state index contributed by atoms with van der Waals surface area (Å²) in [6, 6.07) is 2.02. The highest BCUT2D eigenvalue weighted by Gasteiger charge is 2.10. The average molecular weight is 192 g/mol. The van der Waals surface area contributed by atoms with E-state index in [0.717, 1.165) is 30.6 Å². The predicted molar refractivity (Wildman–Crippen MR) is 63.4 cm³/mol. The molecular weight excluding hydrogens is 172 g/mol. The van der Waals surface area contributed by atoms with E-state index in [0.29, 0.717) is 0 Å². The molecule has 14 heavy (non-hydrogen) atoms. The Morgan fingerprint density at radius 1 is 0.929 bits per heavy atom. The number of nitrogens with two attached hydrogens (primary N) is 2. The van der Waals surface area contributed by atoms with Crippen LogP contribution in [0.4, 0.5) is 11.4 Å². The Labute approximate surface area is 86.3 Å². The highest BCUT2D eigenvalue weighted by Crippen LogP contribution is 2.28. The fourth-order valence-electron chi connectivity index (χ4n) is 2.00. The molecule has 1 rings (SSSR count). The Bertz CT molecular complexity index is 330. The predicted octanol–water partition coefficient (Wildman–Crippen LogP) is 2.54. The quantitative estimate of drug-likeness (QED) is 0.723. The number of hydrogen-bond donors (Lipinski definition) is 2. The van der Waals surface area contributed by atoms with Crippen LogP contribution in [0.15, 0.2) is 6.07 Å². The van der Waals surface area contributed by atoms with Crippen molar-refractivity contribution in [1.82, 2.24) is 0 Å². The summed E-state index contributed by atoms with van der Waals surface area (Å²) < 4.78 is 0. The second-order valence-corrected chi connectivity index (χ2v) is 3.56. The number of anilines is 2. The topological polar surface area (TPSA) is 52.0 Å². The van der Waals surface area contributed by atoms with Crippen LogP contribution in [-0.2, 0) is 19.3 Å². The van der Waals surface area contributed by atoms with Gasteiger partial charge < -0.3 is 11.5 Å². The summed E-state index contributed by atoms with van der Waals surface area (Å²) in [5.41, 5.74) is 17.6. The van der Waals surface area contributed by atoms with Crippen molar-refractivity contribution in [2.45, 2.75) is 40.0 Å². The van der Waals surface area contributed by atoms with Gasteiger partial charge in [0.15, 0.2) is 0 Å². The van der Waals surface area contributed by atoms with Gasteiger partial charge in [0.1, 0.15) is 0 Å². The highest BCUT2D eigenvalue weighted by molar-refractivity contribution is 5.66. The van der Waals surface area contributed by atoms with Crippen LogP contribution in [0.25, 0.3) is 0 Å². The van der Waals surface area contributed by atoms with Crippen molar-refractivity contribution in [1.29, 1.82) is 0 Å². The van der Waals surface area contributed by atoms with Crippen LogP contribution in [-0.4, -0.2) is 0 Å². The molecule has 0 fully saturated rings. The summed E-state index contributed by atoms with van der Waals surface area (Å²) in [5.74, 6) is 0. The minimum absolute atomic E-state index is 0.899. The zero-order chi connectivity index (χ0) is 10.7. The lowest BCUT2D eigenvalue weighted by molar-refractivity contribution is 1.03. The van der Waals surface area contributed by atoms with Gasteiger partial charge in [0.25, 0.3) is 0 Å². The van der Waals surface area contributed by atoms with Gasteiger partial charge in [-0.25, -0.2) is 0 Å². The Hall–Kier alpha value is -1.18. The van der Waals surface area contributed by atoms with Gasteiger partial charge in [0, 0.05) is 11.4 Å². The number of rotatable bonds is 3. The van der Waals surface area contributed by atoms with E-state index >= 15 is 0 Å². The summed E-state index contributed by atoms with van der Waals surface area (Å²) in [6.07, 6.45) is 2.88. The van der Waals surface area contributed by atoms with Crippen LogP contribution < -0.4 is 11.5 Å². The van der Waals surface area contributed by atoms with Gasteiger partial charge in [0.05, 0.1) is 0 Å². The number of benzene rings is 1. The van der Waals surface area contributed by atoms with Gasteiger partial charge in [0.2, 0.25) is 0 Å². The maximum atomic E-state index is 6.09. The molecule has 2 heteroatoms. The summed E-state index contributed by atoms with van der Waals surface area (Å²) >= 11 is 0. The summed E-state index contributed by atoms with van der Waals surface area (Å²) in [6.45, 7) is 6.36. The lowest BCUT2D eigenvalue weighted by Gasteiger charge is -2.15. The molecule has 0 aliphatic rings. The molecule has 0 aliphatic heterocycles. The van der Waals surface area contributed by atoms with Crippen LogP contribution in [0.1, 0.15) is 37.5 Å². The Kier molecular flexibility index (Phi) is 3.39. The third-order valence-electron chi connectivity index (χ3n) is 2.80. The molecule has 4 N–H and O–H groups in total. The van der Waals surface area contributed by atoms with E-state index in [-0.39, 0.29) is 0 Å². The second-order valence-electron chi connectivity index (χ2n) is 3.56. The summed E-state index contributed by atoms with van der Waals surface area (Å²) in [4.78, 5) is 0. The van der Waals surface area contributed by atoms with Crippen LogP contribution >= 0.6 is 0 Å². The molecule has 0 radical (unpaired) electrons. The molecule has 0 unspecified atom stereocenters. The molecule has 0 atom stereocenters. The van der Waals surface area contributed by atoms with Gasteiger partial charge in [-0.3, -0.25) is 0 Å². The van der Waals surface area contributed by atoms with Crippen LogP contribution in [0.3, 0.4) is 0 Å². The van der Waals surface area contributed by atoms with Crippen molar-refractivity contribution in [3.05, 3.63) is 22.8 Å². The standard InChI is InChI=1S/C12H20N2/c1-4-8-7-11(13)9(5-2)10(6-3)12(8)14/h7H,4-6,13-14H2,1-3H3. The number of nitrogen functional groups attached to an aromatic ring is 2. The van der Waals surface area contributed by atoms with E-state index in [1.54, 1.807) is 0 Å². The monoisotopic (exact) mass is 192 g/mol. The molecule has 0 saturated heterocycles. The normalized spacial score (nSPS) is 10.5. The molecule has 0 aliphatic carbocycles. The zero-order valence-electron chi connectivity index (χ0n) is 9.35. The van der Waals surface area contributed by atoms with E-state index in [1.165, 1.54) is 16.7 Å². The molecule has 0 aromatic heterocycles. The molecule has 0 bridgehead atoms. The van der Waals surface area contributed by atoms with Crippen LogP contribution in [0.2, 0.25) is 0 Å². The highest BCUT2D eigenvalue weighted by atomic mass is 14.6. The average Bonchev–Trinajstić information content (AvgIpc) is 2.20. The van der Waals surface area contributed by atoms with E-state index in [1.807, 2.05) is 6.07 Å². The maximum absolute atomic E-state index is 6.09. The van der Waals surface area contributed by atoms with Gasteiger partial charge in [-0.1, -0.05) is 20.8 Å². The number of hydrogen-bond acceptors (Lipinski definition) is 2. The third kappa shape index (κ3) is 1.69. The molecule has 2 nitrogen and oxygen atoms in total. The van der Waals surface area contributed by atoms with E-state index < -0.39 is 0 Å². The molecule has 0 heterocycles. The lowest BCUT2D eigenvalue weighted by Crippen LogP contribution is -2.06. The minimum atomic E-state index is 0.899. The first-order chi connectivity index (χ1) is 6.65. The van der Waals surface area contributed by atoms with Crippen molar-refractivity contribution in [3.63, 3.8) is 0 Å². The Morgan fingerprint density at radius 2 is 1.50 bits per heavy atom. The second kappa shape index (κ2) is 4.36. The molecule has 1 aromatic carbocycles. The fourth-order valence-corrected chi connectivity index (χ4v) is 2.00. The first-order valence-electron chi connectivity index (χ1n) is 5.34. The van der Waals surface area contributed by atoms with Crippen molar-refractivity contribution in [2.75, 3.05) is 11.5 Å². The Balaban J connectivity index is 3.40. The van der Waals surface area contributed by atoms with Crippen molar-refractivity contribution in [3.8, 4) is 0 Å². The smallest absolute Gasteiger partial charge is 0.0383 e. The van der Waals surface area contributed by atoms with E-state index in [2.05, 4.69) is 20.8 Å². The van der Waals surface area contributed by atoms with E-state index in [9.17, 15) is 0 Å². The molecule has 78 valence electrons. The first kappa shape index (κ1) is 10.9. The SMILES string of the molecule is CCc1cc(N)c(CC)c(CC)c1N. The molecule has 0 amide bonds. The minimum Gasteiger partial charge on any atom is -0.398 e. The summed E-state index contributed by atoms with van der Waals surface area (Å²) in [5, 5.41) is 0. The Morgan fingerprint density at radius 3 is 1.93 bits per heavy atom. The van der Waals surface area contributed by atoms with E-state index in [4.69, 9.17) is 11.5 Å². The van der Waals surface area contributed by atoms with Gasteiger partial charge >= 0.3 is 0 Å². The van der Waals surface area contributed by atoms with Gasteiger partial charge in [-0.05, 0) is 42.0 Å². The van der Waals surface area contributed by atoms with Crippen molar-refractivity contribution >= 4 is 11.4 Å². The first-order valence-corrected chi connectivity index (χ1v) is 5.34. The third-order valence-corrected chi connectivity index (χ3v) is 2.80. The zero-order valence-corrected chi connectivity index (χ0v) is 9.35. The number of aryl methyl sites for hydroxylation is 1. The van der Waals surface area contributed by atoms with Crippen LogP contribution in [0, 0.1) is 0 Å². The maximum Gasteiger partial charge on any atom is 0.0383 e. The molecular formula is C12H20N2. The van der Waals surface area contributed by atoms with Crippen molar-refractivity contribution in [2.24, 2.45) is 0 Å². The fraction of sp³-hybridized carbons (Fsp3) is 0.500.